The molecule has 0 spiro atoms. The molecule has 0 aliphatic rings. The Hall–Kier alpha value is -1.92. The summed E-state index contributed by atoms with van der Waals surface area (Å²) in [5, 5.41) is 20.3. The van der Waals surface area contributed by atoms with Crippen LogP contribution in [0.25, 0.3) is 0 Å². The Morgan fingerprint density at radius 3 is 2.52 bits per heavy atom. The molecule has 6 heteroatoms. The lowest BCUT2D eigenvalue weighted by atomic mass is 10.1. The molecule has 1 unspecified atom stereocenters. The van der Waals surface area contributed by atoms with Crippen molar-refractivity contribution in [3.05, 3.63) is 62.1 Å². The zero-order chi connectivity index (χ0) is 15.6. The highest BCUT2D eigenvalue weighted by atomic mass is 79.9. The quantitative estimate of drug-likeness (QED) is 0.649. The highest BCUT2D eigenvalue weighted by Gasteiger charge is 2.12. The number of aliphatic hydroxyl groups excluding tert-OH is 1. The van der Waals surface area contributed by atoms with Crippen LogP contribution in [-0.4, -0.2) is 10.0 Å². The van der Waals surface area contributed by atoms with Crippen molar-refractivity contribution in [3.8, 4) is 11.5 Å². The van der Waals surface area contributed by atoms with Crippen LogP contribution < -0.4 is 4.74 Å². The molecule has 0 bridgehead atoms. The second-order valence-electron chi connectivity index (χ2n) is 4.67. The molecule has 5 nitrogen and oxygen atoms in total. The molecule has 0 saturated heterocycles. The summed E-state index contributed by atoms with van der Waals surface area (Å²) >= 11 is 3.38. The van der Waals surface area contributed by atoms with Gasteiger partial charge in [-0.2, -0.15) is 0 Å². The highest BCUT2D eigenvalue weighted by molar-refractivity contribution is 9.10. The SMILES string of the molecule is Cc1cc(Oc2ccc(C(C)O)cc2Br)ccc1[N+](=O)[O-]. The lowest BCUT2D eigenvalue weighted by molar-refractivity contribution is -0.385. The van der Waals surface area contributed by atoms with Crippen molar-refractivity contribution in [1.82, 2.24) is 0 Å². The summed E-state index contributed by atoms with van der Waals surface area (Å²) in [7, 11) is 0. The van der Waals surface area contributed by atoms with Crippen LogP contribution in [0.15, 0.2) is 40.9 Å². The van der Waals surface area contributed by atoms with Gasteiger partial charge in [0, 0.05) is 11.6 Å². The summed E-state index contributed by atoms with van der Waals surface area (Å²) in [4.78, 5) is 10.4. The molecular weight excluding hydrogens is 338 g/mol. The molecule has 2 rings (SSSR count). The van der Waals surface area contributed by atoms with E-state index in [9.17, 15) is 15.2 Å². The first-order valence-corrected chi connectivity index (χ1v) is 7.08. The molecule has 0 heterocycles. The van der Waals surface area contributed by atoms with Crippen molar-refractivity contribution in [3.63, 3.8) is 0 Å². The summed E-state index contributed by atoms with van der Waals surface area (Å²) in [6.07, 6.45) is -0.558. The second kappa shape index (κ2) is 6.24. The summed E-state index contributed by atoms with van der Waals surface area (Å²) in [6, 6.07) is 9.88. The summed E-state index contributed by atoms with van der Waals surface area (Å²) in [6.45, 7) is 3.35. The van der Waals surface area contributed by atoms with E-state index in [2.05, 4.69) is 15.9 Å². The molecule has 0 aliphatic heterocycles. The van der Waals surface area contributed by atoms with Crippen LogP contribution >= 0.6 is 15.9 Å². The highest BCUT2D eigenvalue weighted by Crippen LogP contribution is 2.33. The van der Waals surface area contributed by atoms with Crippen LogP contribution in [-0.2, 0) is 0 Å². The molecule has 21 heavy (non-hydrogen) atoms. The summed E-state index contributed by atoms with van der Waals surface area (Å²) in [5.41, 5.74) is 1.37. The van der Waals surface area contributed by atoms with Crippen molar-refractivity contribution < 1.29 is 14.8 Å². The third-order valence-corrected chi connectivity index (χ3v) is 3.65. The van der Waals surface area contributed by atoms with Crippen LogP contribution in [0.5, 0.6) is 11.5 Å². The minimum absolute atomic E-state index is 0.0610. The largest absolute Gasteiger partial charge is 0.456 e. The van der Waals surface area contributed by atoms with E-state index < -0.39 is 11.0 Å². The van der Waals surface area contributed by atoms with E-state index in [-0.39, 0.29) is 5.69 Å². The number of nitro groups is 1. The predicted molar refractivity (Wildman–Crippen MR) is 82.7 cm³/mol. The Morgan fingerprint density at radius 1 is 1.29 bits per heavy atom. The number of aryl methyl sites for hydroxylation is 1. The molecule has 2 aromatic carbocycles. The number of benzene rings is 2. The fourth-order valence-corrected chi connectivity index (χ4v) is 2.36. The van der Waals surface area contributed by atoms with E-state index in [1.165, 1.54) is 6.07 Å². The van der Waals surface area contributed by atoms with Crippen LogP contribution in [0.1, 0.15) is 24.2 Å². The maximum atomic E-state index is 10.8. The van der Waals surface area contributed by atoms with Gasteiger partial charge in [0.1, 0.15) is 11.5 Å². The second-order valence-corrected chi connectivity index (χ2v) is 5.53. The topological polar surface area (TPSA) is 72.6 Å². The minimum atomic E-state index is -0.558. The summed E-state index contributed by atoms with van der Waals surface area (Å²) in [5.74, 6) is 1.09. The minimum Gasteiger partial charge on any atom is -0.456 e. The number of nitro benzene ring substituents is 1. The molecule has 1 N–H and O–H groups in total. The van der Waals surface area contributed by atoms with Crippen molar-refractivity contribution in [2.75, 3.05) is 0 Å². The number of nitrogens with zero attached hydrogens (tertiary/aromatic N) is 1. The van der Waals surface area contributed by atoms with Crippen molar-refractivity contribution in [2.45, 2.75) is 20.0 Å². The van der Waals surface area contributed by atoms with Gasteiger partial charge in [-0.15, -0.1) is 0 Å². The molecule has 2 aromatic rings. The molecule has 0 amide bonds. The van der Waals surface area contributed by atoms with E-state index in [0.29, 0.717) is 21.5 Å². The van der Waals surface area contributed by atoms with Crippen molar-refractivity contribution in [2.24, 2.45) is 0 Å². The van der Waals surface area contributed by atoms with Crippen LogP contribution in [0, 0.1) is 17.0 Å². The van der Waals surface area contributed by atoms with E-state index >= 15 is 0 Å². The monoisotopic (exact) mass is 351 g/mol. The Kier molecular flexibility index (Phi) is 4.59. The molecule has 0 aliphatic carbocycles. The first kappa shape index (κ1) is 15.5. The number of aliphatic hydroxyl groups is 1. The zero-order valence-corrected chi connectivity index (χ0v) is 13.1. The van der Waals surface area contributed by atoms with E-state index in [0.717, 1.165) is 5.56 Å². The van der Waals surface area contributed by atoms with Gasteiger partial charge in [-0.05, 0) is 59.6 Å². The third-order valence-electron chi connectivity index (χ3n) is 3.03. The number of rotatable bonds is 4. The van der Waals surface area contributed by atoms with Gasteiger partial charge in [0.05, 0.1) is 15.5 Å². The molecule has 0 aromatic heterocycles. The zero-order valence-electron chi connectivity index (χ0n) is 11.5. The predicted octanol–water partition coefficient (Wildman–Crippen LogP) is 4.51. The van der Waals surface area contributed by atoms with Gasteiger partial charge >= 0.3 is 0 Å². The van der Waals surface area contributed by atoms with Gasteiger partial charge in [0.2, 0.25) is 0 Å². The number of hydrogen-bond donors (Lipinski definition) is 1. The van der Waals surface area contributed by atoms with E-state index in [1.54, 1.807) is 44.2 Å². The average Bonchev–Trinajstić information content (AvgIpc) is 2.40. The molecule has 0 radical (unpaired) electrons. The molecule has 0 fully saturated rings. The summed E-state index contributed by atoms with van der Waals surface area (Å²) < 4.78 is 6.41. The maximum Gasteiger partial charge on any atom is 0.272 e. The van der Waals surface area contributed by atoms with Crippen LogP contribution in [0.3, 0.4) is 0 Å². The maximum absolute atomic E-state index is 10.8. The number of ether oxygens (including phenoxy) is 1. The Bertz CT molecular complexity index is 685. The molecule has 0 saturated carbocycles. The standard InChI is InChI=1S/C15H14BrNO4/c1-9-7-12(4-5-14(9)17(19)20)21-15-6-3-11(10(2)18)8-13(15)16/h3-8,10,18H,1-2H3. The van der Waals surface area contributed by atoms with Gasteiger partial charge < -0.3 is 9.84 Å². The average molecular weight is 352 g/mol. The van der Waals surface area contributed by atoms with Gasteiger partial charge in [-0.3, -0.25) is 10.1 Å². The number of halogens is 1. The normalized spacial score (nSPS) is 12.0. The van der Waals surface area contributed by atoms with Gasteiger partial charge in [0.25, 0.3) is 5.69 Å². The fraction of sp³-hybridized carbons (Fsp3) is 0.200. The van der Waals surface area contributed by atoms with E-state index in [4.69, 9.17) is 4.74 Å². The Morgan fingerprint density at radius 2 is 2.00 bits per heavy atom. The van der Waals surface area contributed by atoms with E-state index in [1.807, 2.05) is 0 Å². The lowest BCUT2D eigenvalue weighted by Gasteiger charge is -2.11. The molecular formula is C15H14BrNO4. The van der Waals surface area contributed by atoms with Crippen LogP contribution in [0.4, 0.5) is 5.69 Å². The molecule has 1 atom stereocenters. The number of hydrogen-bond acceptors (Lipinski definition) is 4. The van der Waals surface area contributed by atoms with Crippen molar-refractivity contribution in [1.29, 1.82) is 0 Å². The fourth-order valence-electron chi connectivity index (χ4n) is 1.88. The van der Waals surface area contributed by atoms with Gasteiger partial charge in [-0.25, -0.2) is 0 Å². The molecule has 110 valence electrons. The van der Waals surface area contributed by atoms with Gasteiger partial charge in [0.15, 0.2) is 0 Å². The Balaban J connectivity index is 2.26. The van der Waals surface area contributed by atoms with Gasteiger partial charge in [-0.1, -0.05) is 6.07 Å². The lowest BCUT2D eigenvalue weighted by Crippen LogP contribution is -1.94. The Labute approximate surface area is 130 Å². The first-order valence-electron chi connectivity index (χ1n) is 6.29. The van der Waals surface area contributed by atoms with Crippen LogP contribution in [0.2, 0.25) is 0 Å². The smallest absolute Gasteiger partial charge is 0.272 e. The first-order chi connectivity index (χ1) is 9.88. The van der Waals surface area contributed by atoms with Crippen molar-refractivity contribution >= 4 is 21.6 Å². The third kappa shape index (κ3) is 3.59.